The number of carbonyl (C=O) groups excluding carboxylic acids is 2. The number of carbonyl (C=O) groups is 3. The van der Waals surface area contributed by atoms with Gasteiger partial charge in [-0.3, -0.25) is 19.7 Å². The summed E-state index contributed by atoms with van der Waals surface area (Å²) >= 11 is 0. The van der Waals surface area contributed by atoms with E-state index < -0.39 is 40.3 Å². The van der Waals surface area contributed by atoms with Crippen LogP contribution in [-0.4, -0.2) is 37.3 Å². The van der Waals surface area contributed by atoms with Crippen molar-refractivity contribution in [3.63, 3.8) is 0 Å². The second-order valence-corrected chi connectivity index (χ2v) is 8.82. The van der Waals surface area contributed by atoms with E-state index in [2.05, 4.69) is 10.0 Å². The summed E-state index contributed by atoms with van der Waals surface area (Å²) in [5.74, 6) is -3.17. The van der Waals surface area contributed by atoms with Crippen LogP contribution in [0.2, 0.25) is 0 Å². The van der Waals surface area contributed by atoms with E-state index >= 15 is 0 Å². The molecule has 0 aromatic heterocycles. The standard InChI is InChI=1S/C23H22N2O6S/c1-2-15-7-5-6-10-19(15)22(28)24-23(29)20(14-21(26)27)25-32(30,31)18-12-11-16-8-3-4-9-17(16)13-18/h3-13,20,25H,2,14H2,1H3,(H,26,27)(H,24,28,29)/t20-/m0/s1. The molecule has 3 aromatic carbocycles. The van der Waals surface area contributed by atoms with Gasteiger partial charge in [-0.2, -0.15) is 4.72 Å². The summed E-state index contributed by atoms with van der Waals surface area (Å²) in [4.78, 5) is 36.4. The van der Waals surface area contributed by atoms with Gasteiger partial charge in [0.25, 0.3) is 5.91 Å². The Hall–Kier alpha value is -3.56. The van der Waals surface area contributed by atoms with Gasteiger partial charge in [0.2, 0.25) is 15.9 Å². The molecule has 0 radical (unpaired) electrons. The second kappa shape index (κ2) is 9.71. The molecule has 166 valence electrons. The van der Waals surface area contributed by atoms with Gasteiger partial charge in [-0.25, -0.2) is 8.42 Å². The van der Waals surface area contributed by atoms with Crippen molar-refractivity contribution in [2.45, 2.75) is 30.7 Å². The van der Waals surface area contributed by atoms with Crippen molar-refractivity contribution in [1.29, 1.82) is 0 Å². The molecule has 0 bridgehead atoms. The van der Waals surface area contributed by atoms with Crippen LogP contribution in [-0.2, 0) is 26.0 Å². The van der Waals surface area contributed by atoms with E-state index in [0.717, 1.165) is 5.39 Å². The normalized spacial score (nSPS) is 12.3. The lowest BCUT2D eigenvalue weighted by Crippen LogP contribution is -2.49. The molecule has 9 heteroatoms. The molecule has 3 rings (SSSR count). The Labute approximate surface area is 185 Å². The van der Waals surface area contributed by atoms with E-state index in [-0.39, 0.29) is 10.5 Å². The molecule has 0 saturated heterocycles. The maximum atomic E-state index is 12.9. The van der Waals surface area contributed by atoms with E-state index in [0.29, 0.717) is 17.4 Å². The van der Waals surface area contributed by atoms with Crippen molar-refractivity contribution in [2.24, 2.45) is 0 Å². The molecule has 0 aliphatic carbocycles. The molecule has 3 aromatic rings. The van der Waals surface area contributed by atoms with Crippen LogP contribution in [0.5, 0.6) is 0 Å². The van der Waals surface area contributed by atoms with Crippen LogP contribution >= 0.6 is 0 Å². The highest BCUT2D eigenvalue weighted by Gasteiger charge is 2.29. The number of imide groups is 1. The lowest BCUT2D eigenvalue weighted by atomic mass is 10.0. The molecule has 8 nitrogen and oxygen atoms in total. The quantitative estimate of drug-likeness (QED) is 0.479. The highest BCUT2D eigenvalue weighted by atomic mass is 32.2. The third-order valence-corrected chi connectivity index (χ3v) is 6.37. The Morgan fingerprint density at radius 1 is 0.938 bits per heavy atom. The summed E-state index contributed by atoms with van der Waals surface area (Å²) in [5, 5.41) is 12.8. The third-order valence-electron chi connectivity index (χ3n) is 4.90. The van der Waals surface area contributed by atoms with Crippen molar-refractivity contribution < 1.29 is 27.9 Å². The lowest BCUT2D eigenvalue weighted by Gasteiger charge is -2.17. The van der Waals surface area contributed by atoms with Gasteiger partial charge in [0, 0.05) is 5.56 Å². The third kappa shape index (κ3) is 5.37. The average Bonchev–Trinajstić information content (AvgIpc) is 2.77. The highest BCUT2D eigenvalue weighted by Crippen LogP contribution is 2.19. The van der Waals surface area contributed by atoms with Gasteiger partial charge < -0.3 is 5.11 Å². The maximum absolute atomic E-state index is 12.9. The van der Waals surface area contributed by atoms with Crippen LogP contribution in [0.25, 0.3) is 10.8 Å². The van der Waals surface area contributed by atoms with Gasteiger partial charge in [-0.1, -0.05) is 55.5 Å². The predicted octanol–water partition coefficient (Wildman–Crippen LogP) is 2.48. The first kappa shape index (κ1) is 23.1. The van der Waals surface area contributed by atoms with Crippen LogP contribution in [0.1, 0.15) is 29.3 Å². The number of carboxylic acid groups (broad SMARTS) is 1. The molecule has 0 unspecified atom stereocenters. The molecule has 0 aliphatic heterocycles. The number of hydrogen-bond acceptors (Lipinski definition) is 5. The topological polar surface area (TPSA) is 130 Å². The molecule has 3 N–H and O–H groups in total. The number of fused-ring (bicyclic) bond motifs is 1. The predicted molar refractivity (Wildman–Crippen MR) is 119 cm³/mol. The summed E-state index contributed by atoms with van der Waals surface area (Å²) < 4.78 is 27.8. The van der Waals surface area contributed by atoms with Gasteiger partial charge in [0.1, 0.15) is 6.04 Å². The molecular weight excluding hydrogens is 432 g/mol. The number of carboxylic acids is 1. The summed E-state index contributed by atoms with van der Waals surface area (Å²) in [6, 6.07) is 16.5. The van der Waals surface area contributed by atoms with Gasteiger partial charge >= 0.3 is 5.97 Å². The van der Waals surface area contributed by atoms with Crippen LogP contribution < -0.4 is 10.0 Å². The van der Waals surface area contributed by atoms with E-state index in [1.807, 2.05) is 19.1 Å². The minimum Gasteiger partial charge on any atom is -0.481 e. The van der Waals surface area contributed by atoms with Crippen LogP contribution in [0, 0.1) is 0 Å². The number of nitrogens with one attached hydrogen (secondary N) is 2. The number of sulfonamides is 1. The number of aryl methyl sites for hydroxylation is 1. The highest BCUT2D eigenvalue weighted by molar-refractivity contribution is 7.89. The summed E-state index contributed by atoms with van der Waals surface area (Å²) in [7, 11) is -4.24. The van der Waals surface area contributed by atoms with Crippen molar-refractivity contribution in [2.75, 3.05) is 0 Å². The molecule has 0 aliphatic rings. The van der Waals surface area contributed by atoms with Crippen LogP contribution in [0.15, 0.2) is 71.6 Å². The SMILES string of the molecule is CCc1ccccc1C(=O)NC(=O)[C@H](CC(=O)O)NS(=O)(=O)c1ccc2ccccc2c1. The fourth-order valence-corrected chi connectivity index (χ4v) is 4.50. The Morgan fingerprint density at radius 2 is 1.59 bits per heavy atom. The molecule has 0 heterocycles. The summed E-state index contributed by atoms with van der Waals surface area (Å²) in [6.07, 6.45) is -0.285. The maximum Gasteiger partial charge on any atom is 0.305 e. The summed E-state index contributed by atoms with van der Waals surface area (Å²) in [6.45, 7) is 1.85. The van der Waals surface area contributed by atoms with Crippen molar-refractivity contribution >= 4 is 38.6 Å². The lowest BCUT2D eigenvalue weighted by molar-refractivity contribution is -0.139. The zero-order chi connectivity index (χ0) is 23.3. The zero-order valence-electron chi connectivity index (χ0n) is 17.2. The van der Waals surface area contributed by atoms with Gasteiger partial charge in [-0.05, 0) is 41.0 Å². The Kier molecular flexibility index (Phi) is 7.01. The van der Waals surface area contributed by atoms with Gasteiger partial charge in [0.15, 0.2) is 0 Å². The van der Waals surface area contributed by atoms with Crippen molar-refractivity contribution in [3.8, 4) is 0 Å². The molecule has 1 atom stereocenters. The first-order chi connectivity index (χ1) is 15.2. The monoisotopic (exact) mass is 454 g/mol. The van der Waals surface area contributed by atoms with Crippen LogP contribution in [0.4, 0.5) is 0 Å². The van der Waals surface area contributed by atoms with Gasteiger partial charge in [-0.15, -0.1) is 0 Å². The van der Waals surface area contributed by atoms with E-state index in [1.165, 1.54) is 18.2 Å². The average molecular weight is 455 g/mol. The number of amides is 2. The van der Waals surface area contributed by atoms with Gasteiger partial charge in [0.05, 0.1) is 11.3 Å². The van der Waals surface area contributed by atoms with Crippen LogP contribution in [0.3, 0.4) is 0 Å². The number of hydrogen-bond donors (Lipinski definition) is 3. The molecule has 2 amide bonds. The Morgan fingerprint density at radius 3 is 2.28 bits per heavy atom. The molecule has 0 saturated carbocycles. The van der Waals surface area contributed by atoms with E-state index in [9.17, 15) is 27.9 Å². The fourth-order valence-electron chi connectivity index (χ4n) is 3.27. The summed E-state index contributed by atoms with van der Waals surface area (Å²) in [5.41, 5.74) is 0.958. The Bertz CT molecular complexity index is 1290. The van der Waals surface area contributed by atoms with Crippen molar-refractivity contribution in [3.05, 3.63) is 77.9 Å². The molecular formula is C23H22N2O6S. The smallest absolute Gasteiger partial charge is 0.305 e. The minimum atomic E-state index is -4.24. The second-order valence-electron chi connectivity index (χ2n) is 7.11. The minimum absolute atomic E-state index is 0.123. The fraction of sp³-hybridized carbons (Fsp3) is 0.174. The first-order valence-corrected chi connectivity index (χ1v) is 11.4. The number of rotatable bonds is 8. The Balaban J connectivity index is 1.84. The molecule has 0 fully saturated rings. The zero-order valence-corrected chi connectivity index (χ0v) is 18.1. The van der Waals surface area contributed by atoms with E-state index in [4.69, 9.17) is 0 Å². The van der Waals surface area contributed by atoms with Crippen molar-refractivity contribution in [1.82, 2.24) is 10.0 Å². The molecule has 0 spiro atoms. The largest absolute Gasteiger partial charge is 0.481 e. The number of aliphatic carboxylic acids is 1. The first-order valence-electron chi connectivity index (χ1n) is 9.87. The molecule has 32 heavy (non-hydrogen) atoms. The van der Waals surface area contributed by atoms with E-state index in [1.54, 1.807) is 36.4 Å². The number of benzene rings is 3.